The summed E-state index contributed by atoms with van der Waals surface area (Å²) >= 11 is 0. The number of hydrogen-bond donors (Lipinski definition) is 0. The van der Waals surface area contributed by atoms with Gasteiger partial charge in [-0.15, -0.1) is 0 Å². The van der Waals surface area contributed by atoms with Gasteiger partial charge in [0.15, 0.2) is 6.10 Å². The third kappa shape index (κ3) is 6.46. The minimum absolute atomic E-state index is 0.174. The van der Waals surface area contributed by atoms with Crippen LogP contribution in [0.15, 0.2) is 79.3 Å². The Morgan fingerprint density at radius 3 is 1.67 bits per heavy atom. The number of methoxy groups -OCH3 is 2. The molecule has 1 heterocycles. The molecule has 42 heavy (non-hydrogen) atoms. The van der Waals surface area contributed by atoms with Crippen molar-refractivity contribution in [1.82, 2.24) is 9.97 Å². The highest BCUT2D eigenvalue weighted by atomic mass is 19.4. The van der Waals surface area contributed by atoms with Crippen molar-refractivity contribution in [3.63, 3.8) is 0 Å². The van der Waals surface area contributed by atoms with E-state index in [9.17, 15) is 35.9 Å². The molecular weight excluding hydrogens is 578 g/mol. The topological polar surface area (TPSA) is 106 Å². The molecule has 0 aliphatic carbocycles. The molecule has 0 N–H and O–H groups in total. The van der Waals surface area contributed by atoms with Crippen molar-refractivity contribution >= 4 is 11.9 Å². The molecule has 0 aliphatic heterocycles. The third-order valence-electron chi connectivity index (χ3n) is 5.98. The van der Waals surface area contributed by atoms with Gasteiger partial charge in [0, 0.05) is 37.7 Å². The Labute approximate surface area is 235 Å². The van der Waals surface area contributed by atoms with Gasteiger partial charge in [0.2, 0.25) is 5.88 Å². The van der Waals surface area contributed by atoms with E-state index in [4.69, 9.17) is 14.2 Å². The zero-order valence-corrected chi connectivity index (χ0v) is 22.0. The molecule has 15 heteroatoms. The molecule has 0 amide bonds. The van der Waals surface area contributed by atoms with Gasteiger partial charge >= 0.3 is 24.3 Å². The van der Waals surface area contributed by atoms with Crippen molar-refractivity contribution in [3.05, 3.63) is 90.4 Å². The van der Waals surface area contributed by atoms with Crippen molar-refractivity contribution < 1.29 is 59.6 Å². The molecule has 0 saturated heterocycles. The first-order valence-electron chi connectivity index (χ1n) is 12.0. The number of carbonyl (C=O) groups excluding carboxylic acids is 2. The van der Waals surface area contributed by atoms with E-state index in [2.05, 4.69) is 19.4 Å². The number of aromatic nitrogens is 2. The van der Waals surface area contributed by atoms with Gasteiger partial charge in [0.25, 0.3) is 11.2 Å². The molecule has 0 fully saturated rings. The summed E-state index contributed by atoms with van der Waals surface area (Å²) in [5, 5.41) is 0. The van der Waals surface area contributed by atoms with Crippen LogP contribution in [0.4, 0.5) is 26.3 Å². The van der Waals surface area contributed by atoms with Crippen LogP contribution >= 0.6 is 0 Å². The van der Waals surface area contributed by atoms with E-state index >= 15 is 0 Å². The molecule has 0 aliphatic rings. The van der Waals surface area contributed by atoms with Crippen LogP contribution in [0, 0.1) is 0 Å². The number of nitrogens with zero attached hydrogens (tertiary/aromatic N) is 2. The number of rotatable bonds is 12. The first-order chi connectivity index (χ1) is 19.8. The average Bonchev–Trinajstić information content (AvgIpc) is 2.96. The average molecular weight is 602 g/mol. The van der Waals surface area contributed by atoms with Crippen LogP contribution in [-0.2, 0) is 39.7 Å². The maximum Gasteiger partial charge on any atom is 0.432 e. The van der Waals surface area contributed by atoms with Crippen LogP contribution in [0.2, 0.25) is 0 Å². The Balaban J connectivity index is 1.94. The predicted octanol–water partition coefficient (Wildman–Crippen LogP) is 4.52. The number of alkyl halides is 6. The molecule has 0 radical (unpaired) electrons. The summed E-state index contributed by atoms with van der Waals surface area (Å²) in [7, 11) is 1.26. The van der Waals surface area contributed by atoms with Gasteiger partial charge < -0.3 is 23.7 Å². The second-order valence-corrected chi connectivity index (χ2v) is 8.48. The van der Waals surface area contributed by atoms with Crippen molar-refractivity contribution in [3.8, 4) is 5.88 Å². The fourth-order valence-electron chi connectivity index (χ4n) is 3.93. The zero-order chi connectivity index (χ0) is 31.0. The van der Waals surface area contributed by atoms with E-state index in [0.717, 1.165) is 30.5 Å². The molecule has 0 unspecified atom stereocenters. The SMILES string of the molecule is CO[C@](C(=O)OC[C@@H](COc1cnccn1)OC(=O)[C@@](OC)(c1ccccc1)C(F)(F)F)(c1ccccc1)C(F)(F)F. The lowest BCUT2D eigenvalue weighted by atomic mass is 9.92. The highest BCUT2D eigenvalue weighted by Crippen LogP contribution is 2.44. The van der Waals surface area contributed by atoms with E-state index in [1.165, 1.54) is 48.8 Å². The number of ether oxygens (including phenoxy) is 5. The monoisotopic (exact) mass is 602 g/mol. The fraction of sp³-hybridized carbons (Fsp3) is 0.333. The number of halogens is 6. The highest BCUT2D eigenvalue weighted by molar-refractivity contribution is 5.84. The lowest BCUT2D eigenvalue weighted by molar-refractivity contribution is -0.282. The fourth-order valence-corrected chi connectivity index (χ4v) is 3.93. The van der Waals surface area contributed by atoms with Crippen LogP contribution in [0.1, 0.15) is 11.1 Å². The van der Waals surface area contributed by atoms with Crippen LogP contribution in [-0.4, -0.2) is 67.8 Å². The summed E-state index contributed by atoms with van der Waals surface area (Å²) in [6.45, 7) is -1.98. The minimum Gasteiger partial charge on any atom is -0.472 e. The van der Waals surface area contributed by atoms with E-state index in [1.54, 1.807) is 0 Å². The standard InChI is InChI=1S/C27H24F6N2O7/c1-38-24(26(28,29)30,18-9-5-3-6-10-18)22(36)41-17-20(16-40-21-15-34-13-14-35-21)42-23(37)25(39-2,27(31,32)33)19-11-7-4-8-12-19/h3-15,20H,16-17H2,1-2H3/t20-,24+,25+/m1/s1. The first kappa shape index (κ1) is 32.3. The summed E-state index contributed by atoms with van der Waals surface area (Å²) < 4.78 is 110. The largest absolute Gasteiger partial charge is 0.472 e. The Kier molecular flexibility index (Phi) is 10.1. The summed E-state index contributed by atoms with van der Waals surface area (Å²) in [5.74, 6) is -4.14. The first-order valence-corrected chi connectivity index (χ1v) is 12.0. The maximum atomic E-state index is 14.3. The van der Waals surface area contributed by atoms with E-state index in [1.807, 2.05) is 0 Å². The second kappa shape index (κ2) is 13.2. The minimum atomic E-state index is -5.36. The van der Waals surface area contributed by atoms with Gasteiger partial charge in [-0.2, -0.15) is 26.3 Å². The molecule has 3 atom stereocenters. The van der Waals surface area contributed by atoms with Crippen LogP contribution in [0.3, 0.4) is 0 Å². The van der Waals surface area contributed by atoms with E-state index in [-0.39, 0.29) is 5.88 Å². The molecule has 0 saturated carbocycles. The molecule has 9 nitrogen and oxygen atoms in total. The quantitative estimate of drug-likeness (QED) is 0.219. The molecule has 3 rings (SSSR count). The number of carbonyl (C=O) groups is 2. The van der Waals surface area contributed by atoms with E-state index in [0.29, 0.717) is 14.2 Å². The molecule has 0 spiro atoms. The van der Waals surface area contributed by atoms with Crippen LogP contribution in [0.25, 0.3) is 0 Å². The Morgan fingerprint density at radius 1 is 0.738 bits per heavy atom. The Hall–Kier alpha value is -4.24. The van der Waals surface area contributed by atoms with Crippen LogP contribution < -0.4 is 4.74 Å². The van der Waals surface area contributed by atoms with Gasteiger partial charge in [-0.1, -0.05) is 60.7 Å². The predicted molar refractivity (Wildman–Crippen MR) is 131 cm³/mol. The Bertz CT molecular complexity index is 1310. The molecule has 1 aromatic heterocycles. The summed E-state index contributed by atoms with van der Waals surface area (Å²) in [5.41, 5.74) is -8.53. The van der Waals surface area contributed by atoms with Crippen LogP contribution in [0.5, 0.6) is 5.88 Å². The number of esters is 2. The molecule has 0 bridgehead atoms. The smallest absolute Gasteiger partial charge is 0.432 e. The van der Waals surface area contributed by atoms with Gasteiger partial charge in [-0.3, -0.25) is 4.98 Å². The van der Waals surface area contributed by atoms with Crippen molar-refractivity contribution in [1.29, 1.82) is 0 Å². The molecular formula is C27H24F6N2O7. The lowest BCUT2D eigenvalue weighted by Crippen LogP contribution is -2.54. The van der Waals surface area contributed by atoms with Gasteiger partial charge in [0.05, 0.1) is 6.20 Å². The number of benzene rings is 2. The number of hydrogen-bond acceptors (Lipinski definition) is 9. The summed E-state index contributed by atoms with van der Waals surface area (Å²) in [4.78, 5) is 33.6. The summed E-state index contributed by atoms with van der Waals surface area (Å²) in [6.07, 6.45) is -8.98. The Morgan fingerprint density at radius 2 is 1.24 bits per heavy atom. The second-order valence-electron chi connectivity index (χ2n) is 8.48. The van der Waals surface area contributed by atoms with Gasteiger partial charge in [-0.05, 0) is 0 Å². The van der Waals surface area contributed by atoms with Crippen molar-refractivity contribution in [2.75, 3.05) is 27.4 Å². The zero-order valence-electron chi connectivity index (χ0n) is 22.0. The van der Waals surface area contributed by atoms with Crippen molar-refractivity contribution in [2.45, 2.75) is 29.7 Å². The maximum absolute atomic E-state index is 14.3. The summed E-state index contributed by atoms with van der Waals surface area (Å²) in [6, 6.07) is 11.6. The van der Waals surface area contributed by atoms with Crippen molar-refractivity contribution in [2.24, 2.45) is 0 Å². The molecule has 226 valence electrons. The molecule has 2 aromatic carbocycles. The lowest BCUT2D eigenvalue weighted by Gasteiger charge is -2.34. The highest BCUT2D eigenvalue weighted by Gasteiger charge is 2.65. The normalized spacial score (nSPS) is 15.5. The third-order valence-corrected chi connectivity index (χ3v) is 5.98. The van der Waals surface area contributed by atoms with E-state index < -0.39 is 65.9 Å². The van der Waals surface area contributed by atoms with Gasteiger partial charge in [0.1, 0.15) is 13.2 Å². The van der Waals surface area contributed by atoms with Gasteiger partial charge in [-0.25, -0.2) is 14.6 Å². The molecule has 3 aromatic rings.